The van der Waals surface area contributed by atoms with Gasteiger partial charge in [-0.15, -0.1) is 0 Å². The number of rotatable bonds is 1. The minimum atomic E-state index is -4.21. The summed E-state index contributed by atoms with van der Waals surface area (Å²) in [6, 6.07) is 6.36. The molecular formula is C11H15F3. The third-order valence-corrected chi connectivity index (χ3v) is 1.60. The molecule has 14 heavy (non-hydrogen) atoms. The largest absolute Gasteiger partial charge is 0.416 e. The fourth-order valence-electron chi connectivity index (χ4n) is 0.627. The van der Waals surface area contributed by atoms with Gasteiger partial charge < -0.3 is 0 Å². The topological polar surface area (TPSA) is 0 Å². The number of benzene rings is 1. The van der Waals surface area contributed by atoms with E-state index in [0.29, 0.717) is 0 Å². The predicted molar refractivity (Wildman–Crippen MR) is 52.0 cm³/mol. The number of halogens is 3. The summed E-state index contributed by atoms with van der Waals surface area (Å²) in [6.45, 7) is 4.36. The van der Waals surface area contributed by atoms with Crippen molar-refractivity contribution in [3.8, 4) is 0 Å². The zero-order chi connectivity index (χ0) is 11.0. The van der Waals surface area contributed by atoms with Crippen LogP contribution in [-0.4, -0.2) is 0 Å². The van der Waals surface area contributed by atoms with Crippen molar-refractivity contribution in [2.45, 2.75) is 32.9 Å². The molecule has 0 aliphatic carbocycles. The highest BCUT2D eigenvalue weighted by atomic mass is 19.4. The second-order valence-electron chi connectivity index (χ2n) is 2.86. The predicted octanol–water partition coefficient (Wildman–Crippen LogP) is 4.51. The number of hydrogen-bond donors (Lipinski definition) is 0. The van der Waals surface area contributed by atoms with Crippen molar-refractivity contribution in [3.05, 3.63) is 35.9 Å². The first kappa shape index (κ1) is 13.0. The van der Waals surface area contributed by atoms with Gasteiger partial charge in [0.2, 0.25) is 0 Å². The number of hydrogen-bond acceptors (Lipinski definition) is 0. The zero-order valence-electron chi connectivity index (χ0n) is 8.43. The van der Waals surface area contributed by atoms with Gasteiger partial charge in [-0.2, -0.15) is 13.2 Å². The first-order valence-corrected chi connectivity index (χ1v) is 4.64. The third kappa shape index (κ3) is 5.62. The van der Waals surface area contributed by atoms with Crippen LogP contribution in [-0.2, 0) is 6.18 Å². The molecule has 0 aromatic heterocycles. The van der Waals surface area contributed by atoms with Crippen molar-refractivity contribution in [2.75, 3.05) is 0 Å². The Kier molecular flexibility index (Phi) is 6.00. The molecule has 3 heteroatoms. The van der Waals surface area contributed by atoms with E-state index in [2.05, 4.69) is 13.8 Å². The van der Waals surface area contributed by atoms with E-state index in [1.807, 2.05) is 0 Å². The van der Waals surface area contributed by atoms with Crippen molar-refractivity contribution >= 4 is 0 Å². The summed E-state index contributed by atoms with van der Waals surface area (Å²) in [7, 11) is 0. The number of unbranched alkanes of at least 4 members (excludes halogenated alkanes) is 1. The first-order chi connectivity index (χ1) is 6.52. The SMILES string of the molecule is CCCC.FC(F)(F)c1ccccc1. The maximum absolute atomic E-state index is 11.8. The Morgan fingerprint density at radius 3 is 1.57 bits per heavy atom. The van der Waals surface area contributed by atoms with Crippen LogP contribution in [0.5, 0.6) is 0 Å². The van der Waals surface area contributed by atoms with E-state index in [-0.39, 0.29) is 0 Å². The summed E-state index contributed by atoms with van der Waals surface area (Å²) in [5.41, 5.74) is -0.602. The van der Waals surface area contributed by atoms with Crippen LogP contribution in [0, 0.1) is 0 Å². The maximum atomic E-state index is 11.8. The van der Waals surface area contributed by atoms with Crippen LogP contribution in [0.3, 0.4) is 0 Å². The van der Waals surface area contributed by atoms with Crippen molar-refractivity contribution < 1.29 is 13.2 Å². The van der Waals surface area contributed by atoms with Gasteiger partial charge >= 0.3 is 6.18 Å². The van der Waals surface area contributed by atoms with E-state index in [0.717, 1.165) is 12.1 Å². The van der Waals surface area contributed by atoms with Crippen molar-refractivity contribution in [2.24, 2.45) is 0 Å². The van der Waals surface area contributed by atoms with Crippen molar-refractivity contribution in [3.63, 3.8) is 0 Å². The standard InChI is InChI=1S/C7H5F3.C4H10/c8-7(9,10)6-4-2-1-3-5-6;1-3-4-2/h1-5H;3-4H2,1-2H3. The monoisotopic (exact) mass is 204 g/mol. The molecule has 0 radical (unpaired) electrons. The highest BCUT2D eigenvalue weighted by Crippen LogP contribution is 2.28. The van der Waals surface area contributed by atoms with Crippen molar-refractivity contribution in [1.29, 1.82) is 0 Å². The fourth-order valence-corrected chi connectivity index (χ4v) is 0.627. The van der Waals surface area contributed by atoms with Gasteiger partial charge in [-0.05, 0) is 0 Å². The summed E-state index contributed by atoms with van der Waals surface area (Å²) in [5, 5.41) is 0. The van der Waals surface area contributed by atoms with Crippen LogP contribution in [0.2, 0.25) is 0 Å². The van der Waals surface area contributed by atoms with E-state index in [1.54, 1.807) is 6.07 Å². The first-order valence-electron chi connectivity index (χ1n) is 4.64. The zero-order valence-corrected chi connectivity index (χ0v) is 8.43. The maximum Gasteiger partial charge on any atom is 0.416 e. The second-order valence-corrected chi connectivity index (χ2v) is 2.86. The Hall–Kier alpha value is -0.990. The van der Waals surface area contributed by atoms with E-state index >= 15 is 0 Å². The molecule has 1 rings (SSSR count). The van der Waals surface area contributed by atoms with E-state index in [4.69, 9.17) is 0 Å². The second kappa shape index (κ2) is 6.46. The minimum Gasteiger partial charge on any atom is -0.166 e. The van der Waals surface area contributed by atoms with Gasteiger partial charge in [0.15, 0.2) is 0 Å². The van der Waals surface area contributed by atoms with Crippen LogP contribution in [0.15, 0.2) is 30.3 Å². The van der Waals surface area contributed by atoms with Gasteiger partial charge in [0.05, 0.1) is 5.56 Å². The van der Waals surface area contributed by atoms with Crippen molar-refractivity contribution in [1.82, 2.24) is 0 Å². The van der Waals surface area contributed by atoms with Gasteiger partial charge in [0.25, 0.3) is 0 Å². The molecule has 0 saturated heterocycles. The third-order valence-electron chi connectivity index (χ3n) is 1.60. The molecule has 0 aliphatic heterocycles. The van der Waals surface area contributed by atoms with Crippen LogP contribution < -0.4 is 0 Å². The Labute approximate surface area is 82.8 Å². The van der Waals surface area contributed by atoms with Gasteiger partial charge in [0, 0.05) is 0 Å². The summed E-state index contributed by atoms with van der Waals surface area (Å²) >= 11 is 0. The molecule has 0 bridgehead atoms. The van der Waals surface area contributed by atoms with E-state index in [9.17, 15) is 13.2 Å². The quantitative estimate of drug-likeness (QED) is 0.631. The fraction of sp³-hybridized carbons (Fsp3) is 0.455. The average molecular weight is 204 g/mol. The highest BCUT2D eigenvalue weighted by Gasteiger charge is 2.29. The Balaban J connectivity index is 0.000000364. The molecule has 0 spiro atoms. The summed E-state index contributed by atoms with van der Waals surface area (Å²) in [6.07, 6.45) is -1.57. The van der Waals surface area contributed by atoms with Gasteiger partial charge in [-0.1, -0.05) is 57.0 Å². The molecule has 0 heterocycles. The number of alkyl halides is 3. The van der Waals surface area contributed by atoms with Gasteiger partial charge in [-0.3, -0.25) is 0 Å². The normalized spacial score (nSPS) is 10.4. The molecular weight excluding hydrogens is 189 g/mol. The molecule has 0 atom stereocenters. The molecule has 0 unspecified atom stereocenters. The average Bonchev–Trinajstić information content (AvgIpc) is 2.18. The Morgan fingerprint density at radius 2 is 1.36 bits per heavy atom. The van der Waals surface area contributed by atoms with Crippen LogP contribution in [0.4, 0.5) is 13.2 Å². The van der Waals surface area contributed by atoms with E-state index in [1.165, 1.54) is 25.0 Å². The lowest BCUT2D eigenvalue weighted by molar-refractivity contribution is -0.137. The molecule has 0 amide bonds. The van der Waals surface area contributed by atoms with E-state index < -0.39 is 11.7 Å². The van der Waals surface area contributed by atoms with Gasteiger partial charge in [0.1, 0.15) is 0 Å². The molecule has 80 valence electrons. The Morgan fingerprint density at radius 1 is 0.929 bits per heavy atom. The Bertz CT molecular complexity index is 224. The summed E-state index contributed by atoms with van der Waals surface area (Å²) in [5.74, 6) is 0. The van der Waals surface area contributed by atoms with Crippen LogP contribution in [0.1, 0.15) is 32.3 Å². The van der Waals surface area contributed by atoms with Crippen LogP contribution in [0.25, 0.3) is 0 Å². The van der Waals surface area contributed by atoms with Gasteiger partial charge in [-0.25, -0.2) is 0 Å². The smallest absolute Gasteiger partial charge is 0.166 e. The molecule has 1 aromatic carbocycles. The highest BCUT2D eigenvalue weighted by molar-refractivity contribution is 5.17. The molecule has 0 saturated carbocycles. The summed E-state index contributed by atoms with van der Waals surface area (Å²) < 4.78 is 35.4. The molecule has 0 nitrogen and oxygen atoms in total. The minimum absolute atomic E-state index is 0.602. The molecule has 0 fully saturated rings. The lowest BCUT2D eigenvalue weighted by Crippen LogP contribution is -2.03. The molecule has 0 aliphatic rings. The molecule has 1 aromatic rings. The lowest BCUT2D eigenvalue weighted by Gasteiger charge is -2.03. The lowest BCUT2D eigenvalue weighted by atomic mass is 10.2. The molecule has 0 N–H and O–H groups in total. The van der Waals surface area contributed by atoms with Crippen LogP contribution >= 0.6 is 0 Å². The summed E-state index contributed by atoms with van der Waals surface area (Å²) in [4.78, 5) is 0.